The molecule has 27 heavy (non-hydrogen) atoms. The lowest BCUT2D eigenvalue weighted by molar-refractivity contribution is 0.250. The average molecular weight is 371 g/mol. The molecule has 1 aliphatic carbocycles. The molecule has 0 unspecified atom stereocenters. The summed E-state index contributed by atoms with van der Waals surface area (Å²) in [5.41, 5.74) is 7.59. The van der Waals surface area contributed by atoms with Crippen LogP contribution >= 0.6 is 0 Å². The Hall–Kier alpha value is -2.54. The van der Waals surface area contributed by atoms with Crippen molar-refractivity contribution in [2.75, 3.05) is 45.0 Å². The van der Waals surface area contributed by atoms with Crippen LogP contribution in [0.3, 0.4) is 0 Å². The molecule has 7 heteroatoms. The van der Waals surface area contributed by atoms with Crippen LogP contribution in [0.5, 0.6) is 11.5 Å². The van der Waals surface area contributed by atoms with E-state index < -0.39 is 0 Å². The van der Waals surface area contributed by atoms with Crippen molar-refractivity contribution in [2.24, 2.45) is 0 Å². The fraction of sp³-hybridized carbons (Fsp3) is 0.500. The van der Waals surface area contributed by atoms with Gasteiger partial charge in [0, 0.05) is 43.1 Å². The number of aromatic nitrogens is 2. The van der Waals surface area contributed by atoms with Crippen LogP contribution in [-0.4, -0.2) is 55.3 Å². The normalized spacial score (nSPS) is 13.7. The summed E-state index contributed by atoms with van der Waals surface area (Å²) in [6.07, 6.45) is 3.63. The van der Waals surface area contributed by atoms with Gasteiger partial charge in [0.15, 0.2) is 11.5 Å². The number of methoxy groups -OCH3 is 1. The maximum Gasteiger partial charge on any atom is 0.231 e. The monoisotopic (exact) mass is 371 g/mol. The summed E-state index contributed by atoms with van der Waals surface area (Å²) in [4.78, 5) is 13.1. The van der Waals surface area contributed by atoms with Crippen LogP contribution in [0.2, 0.25) is 0 Å². The van der Waals surface area contributed by atoms with E-state index in [9.17, 15) is 0 Å². The molecule has 1 saturated carbocycles. The van der Waals surface area contributed by atoms with Crippen molar-refractivity contribution in [2.45, 2.75) is 32.2 Å². The maximum absolute atomic E-state index is 6.01. The van der Waals surface area contributed by atoms with E-state index in [0.717, 1.165) is 36.1 Å². The Labute approximate surface area is 161 Å². The Morgan fingerprint density at radius 1 is 1.15 bits per heavy atom. The zero-order valence-corrected chi connectivity index (χ0v) is 16.6. The molecule has 3 rings (SSSR count). The molecule has 2 N–H and O–H groups in total. The minimum absolute atomic E-state index is 0.453. The van der Waals surface area contributed by atoms with E-state index in [2.05, 4.69) is 21.9 Å². The summed E-state index contributed by atoms with van der Waals surface area (Å²) in [5.74, 6) is 2.44. The van der Waals surface area contributed by atoms with E-state index in [-0.39, 0.29) is 0 Å². The third-order valence-electron chi connectivity index (χ3n) is 4.78. The molecule has 1 aromatic carbocycles. The summed E-state index contributed by atoms with van der Waals surface area (Å²) in [7, 11) is 5.74. The number of aryl methyl sites for hydroxylation is 1. The van der Waals surface area contributed by atoms with Gasteiger partial charge >= 0.3 is 0 Å². The van der Waals surface area contributed by atoms with Gasteiger partial charge in [-0.25, -0.2) is 4.98 Å². The van der Waals surface area contributed by atoms with Crippen molar-refractivity contribution in [3.8, 4) is 11.5 Å². The molecule has 0 spiro atoms. The van der Waals surface area contributed by atoms with Gasteiger partial charge in [-0.3, -0.25) is 0 Å². The van der Waals surface area contributed by atoms with Crippen LogP contribution in [0.1, 0.15) is 25.0 Å². The van der Waals surface area contributed by atoms with Crippen LogP contribution < -0.4 is 20.1 Å². The molecule has 2 aromatic rings. The summed E-state index contributed by atoms with van der Waals surface area (Å²) in [5, 5.41) is 0. The first-order valence-corrected chi connectivity index (χ1v) is 9.34. The van der Waals surface area contributed by atoms with Crippen LogP contribution in [-0.2, 0) is 0 Å². The minimum Gasteiger partial charge on any atom is -0.493 e. The van der Waals surface area contributed by atoms with Crippen molar-refractivity contribution in [3.63, 3.8) is 0 Å². The second-order valence-electron chi connectivity index (χ2n) is 7.04. The quantitative estimate of drug-likeness (QED) is 0.679. The Kier molecular flexibility index (Phi) is 6.01. The number of benzene rings is 1. The lowest BCUT2D eigenvalue weighted by atomic mass is 10.2. The number of nitrogens with two attached hydrogens (primary N) is 1. The lowest BCUT2D eigenvalue weighted by Gasteiger charge is -2.20. The highest BCUT2D eigenvalue weighted by molar-refractivity contribution is 5.62. The molecule has 0 radical (unpaired) electrons. The molecule has 0 saturated heterocycles. The second kappa shape index (κ2) is 8.43. The fourth-order valence-electron chi connectivity index (χ4n) is 3.02. The number of hydrogen-bond donors (Lipinski definition) is 1. The van der Waals surface area contributed by atoms with Crippen molar-refractivity contribution < 1.29 is 9.47 Å². The van der Waals surface area contributed by atoms with E-state index >= 15 is 0 Å². The summed E-state index contributed by atoms with van der Waals surface area (Å²) in [6, 6.07) is 8.33. The summed E-state index contributed by atoms with van der Waals surface area (Å²) in [6.45, 7) is 3.59. The van der Waals surface area contributed by atoms with E-state index in [1.165, 1.54) is 12.8 Å². The number of nitrogen functional groups attached to an aromatic ring is 1. The van der Waals surface area contributed by atoms with Gasteiger partial charge in [-0.1, -0.05) is 0 Å². The lowest BCUT2D eigenvalue weighted by Crippen LogP contribution is -2.23. The Bertz CT molecular complexity index is 759. The first-order valence-electron chi connectivity index (χ1n) is 9.34. The highest BCUT2D eigenvalue weighted by atomic mass is 16.5. The van der Waals surface area contributed by atoms with Gasteiger partial charge in [0.05, 0.1) is 13.7 Å². The topological polar surface area (TPSA) is 76.7 Å². The Morgan fingerprint density at radius 2 is 1.93 bits per heavy atom. The molecule has 0 amide bonds. The summed E-state index contributed by atoms with van der Waals surface area (Å²) < 4.78 is 11.5. The molecule has 0 aliphatic heterocycles. The average Bonchev–Trinajstić information content (AvgIpc) is 3.48. The molecule has 0 atom stereocenters. The predicted molar refractivity (Wildman–Crippen MR) is 108 cm³/mol. The first-order chi connectivity index (χ1) is 13.0. The minimum atomic E-state index is 0.453. The molecule has 1 aromatic heterocycles. The van der Waals surface area contributed by atoms with Crippen molar-refractivity contribution >= 4 is 17.5 Å². The number of hydrogen-bond acceptors (Lipinski definition) is 7. The Morgan fingerprint density at radius 3 is 2.59 bits per heavy atom. The van der Waals surface area contributed by atoms with E-state index in [1.54, 1.807) is 13.2 Å². The van der Waals surface area contributed by atoms with Gasteiger partial charge in [0.1, 0.15) is 5.82 Å². The zero-order chi connectivity index (χ0) is 19.4. The van der Waals surface area contributed by atoms with Gasteiger partial charge in [0.2, 0.25) is 5.95 Å². The maximum atomic E-state index is 6.01. The molecule has 7 nitrogen and oxygen atoms in total. The molecule has 0 bridgehead atoms. The van der Waals surface area contributed by atoms with Crippen molar-refractivity contribution in [1.29, 1.82) is 0 Å². The fourth-order valence-corrected chi connectivity index (χ4v) is 3.02. The molecule has 1 heterocycles. The number of nitrogens with zero attached hydrogens (tertiary/aromatic N) is 4. The largest absolute Gasteiger partial charge is 0.493 e. The summed E-state index contributed by atoms with van der Waals surface area (Å²) >= 11 is 0. The SMILES string of the molecule is COc1ccc(N(C)c2nc(C)cc(N)n2)cc1OCCCN(C)C1CC1. The smallest absolute Gasteiger partial charge is 0.231 e. The van der Waals surface area contributed by atoms with Crippen LogP contribution in [0.25, 0.3) is 0 Å². The highest BCUT2D eigenvalue weighted by Gasteiger charge is 2.25. The van der Waals surface area contributed by atoms with Crippen LogP contribution in [0, 0.1) is 6.92 Å². The molecule has 146 valence electrons. The molecule has 1 fully saturated rings. The number of ether oxygens (including phenoxy) is 2. The highest BCUT2D eigenvalue weighted by Crippen LogP contribution is 2.33. The third-order valence-corrected chi connectivity index (χ3v) is 4.78. The molecular weight excluding hydrogens is 342 g/mol. The van der Waals surface area contributed by atoms with Gasteiger partial charge in [-0.2, -0.15) is 4.98 Å². The van der Waals surface area contributed by atoms with Crippen LogP contribution in [0.4, 0.5) is 17.5 Å². The predicted octanol–water partition coefficient (Wildman–Crippen LogP) is 3.01. The van der Waals surface area contributed by atoms with Gasteiger partial charge in [-0.05, 0) is 45.4 Å². The third kappa shape index (κ3) is 5.01. The van der Waals surface area contributed by atoms with Crippen molar-refractivity contribution in [3.05, 3.63) is 30.0 Å². The van der Waals surface area contributed by atoms with E-state index in [4.69, 9.17) is 15.2 Å². The Balaban J connectivity index is 1.68. The van der Waals surface area contributed by atoms with Gasteiger partial charge in [0.25, 0.3) is 0 Å². The first kappa shape index (κ1) is 19.2. The molecular formula is C20H29N5O2. The van der Waals surface area contributed by atoms with Gasteiger partial charge in [-0.15, -0.1) is 0 Å². The molecule has 1 aliphatic rings. The van der Waals surface area contributed by atoms with Gasteiger partial charge < -0.3 is 25.0 Å². The van der Waals surface area contributed by atoms with E-state index in [0.29, 0.717) is 24.1 Å². The number of anilines is 3. The number of rotatable bonds is 9. The van der Waals surface area contributed by atoms with Crippen molar-refractivity contribution in [1.82, 2.24) is 14.9 Å². The van der Waals surface area contributed by atoms with Crippen LogP contribution in [0.15, 0.2) is 24.3 Å². The van der Waals surface area contributed by atoms with E-state index in [1.807, 2.05) is 37.1 Å². The standard InChI is InChI=1S/C20H29N5O2/c1-14-12-19(21)23-20(22-14)25(3)16-8-9-17(26-4)18(13-16)27-11-5-10-24(2)15-6-7-15/h8-9,12-13,15H,5-7,10-11H2,1-4H3,(H2,21,22,23). The zero-order valence-electron chi connectivity index (χ0n) is 16.6. The second-order valence-corrected chi connectivity index (χ2v) is 7.04.